The molecule has 0 saturated carbocycles. The van der Waals surface area contributed by atoms with Crippen LogP contribution in [0.4, 0.5) is 5.69 Å². The second kappa shape index (κ2) is 8.08. The minimum absolute atomic E-state index is 0.0137. The van der Waals surface area contributed by atoms with Crippen molar-refractivity contribution in [2.24, 2.45) is 0 Å². The molecular weight excluding hydrogens is 300 g/mol. The Morgan fingerprint density at radius 3 is 2.67 bits per heavy atom. The van der Waals surface area contributed by atoms with Gasteiger partial charge in [0.15, 0.2) is 0 Å². The maximum Gasteiger partial charge on any atom is 0.240 e. The summed E-state index contributed by atoms with van der Waals surface area (Å²) in [7, 11) is 0. The molecule has 2 aromatic rings. The Morgan fingerprint density at radius 2 is 1.88 bits per heavy atom. The predicted molar refractivity (Wildman–Crippen MR) is 96.0 cm³/mol. The maximum absolute atomic E-state index is 12.7. The minimum atomic E-state index is -0.0137. The Balaban J connectivity index is 1.66. The SMILES string of the molecule is O=C(CNC(CCO)c1ccccc1)N1CCCc2ccccc21. The van der Waals surface area contributed by atoms with E-state index in [-0.39, 0.29) is 25.1 Å². The number of para-hydroxylation sites is 1. The van der Waals surface area contributed by atoms with Gasteiger partial charge in [-0.2, -0.15) is 0 Å². The van der Waals surface area contributed by atoms with Crippen LogP contribution in [0.2, 0.25) is 0 Å². The fourth-order valence-electron chi connectivity index (χ4n) is 3.30. The molecule has 1 aliphatic heterocycles. The van der Waals surface area contributed by atoms with Crippen LogP contribution in [0.3, 0.4) is 0 Å². The molecule has 2 N–H and O–H groups in total. The summed E-state index contributed by atoms with van der Waals surface area (Å²) in [4.78, 5) is 14.6. The number of aliphatic hydroxyl groups excluding tert-OH is 1. The van der Waals surface area contributed by atoms with Crippen LogP contribution < -0.4 is 10.2 Å². The molecule has 4 heteroatoms. The van der Waals surface area contributed by atoms with Crippen LogP contribution in [-0.4, -0.2) is 30.7 Å². The highest BCUT2D eigenvalue weighted by atomic mass is 16.3. The van der Waals surface area contributed by atoms with Gasteiger partial charge in [0.2, 0.25) is 5.91 Å². The number of nitrogens with one attached hydrogen (secondary N) is 1. The van der Waals surface area contributed by atoms with E-state index in [2.05, 4.69) is 11.4 Å². The van der Waals surface area contributed by atoms with E-state index in [0.29, 0.717) is 6.42 Å². The van der Waals surface area contributed by atoms with Crippen LogP contribution in [0.25, 0.3) is 0 Å². The quantitative estimate of drug-likeness (QED) is 0.859. The molecule has 0 bridgehead atoms. The third-order valence-electron chi connectivity index (χ3n) is 4.53. The number of aryl methyl sites for hydroxylation is 1. The Kier molecular flexibility index (Phi) is 5.62. The third kappa shape index (κ3) is 3.83. The first-order valence-corrected chi connectivity index (χ1v) is 8.57. The Hall–Kier alpha value is -2.17. The molecule has 126 valence electrons. The molecule has 0 fully saturated rings. The molecule has 0 spiro atoms. The highest BCUT2D eigenvalue weighted by molar-refractivity contribution is 5.95. The molecule has 1 atom stereocenters. The smallest absolute Gasteiger partial charge is 0.240 e. The van der Waals surface area contributed by atoms with Gasteiger partial charge in [-0.05, 0) is 36.5 Å². The molecule has 0 saturated heterocycles. The summed E-state index contributed by atoms with van der Waals surface area (Å²) in [5.41, 5.74) is 3.37. The topological polar surface area (TPSA) is 52.6 Å². The summed E-state index contributed by atoms with van der Waals surface area (Å²) in [5, 5.41) is 12.6. The standard InChI is InChI=1S/C20H24N2O2/c23-14-12-18(16-7-2-1-3-8-16)21-15-20(24)22-13-6-10-17-9-4-5-11-19(17)22/h1-5,7-9,11,18,21,23H,6,10,12-15H2. The normalized spacial score (nSPS) is 15.0. The average molecular weight is 324 g/mol. The van der Waals surface area contributed by atoms with Crippen molar-refractivity contribution in [3.63, 3.8) is 0 Å². The van der Waals surface area contributed by atoms with Crippen molar-refractivity contribution in [3.05, 3.63) is 65.7 Å². The minimum Gasteiger partial charge on any atom is -0.396 e. The van der Waals surface area contributed by atoms with E-state index in [1.54, 1.807) is 0 Å². The summed E-state index contributed by atoms with van der Waals surface area (Å²) in [6, 6.07) is 18.1. The van der Waals surface area contributed by atoms with Gasteiger partial charge in [0.1, 0.15) is 0 Å². The molecule has 2 aromatic carbocycles. The molecule has 1 unspecified atom stereocenters. The van der Waals surface area contributed by atoms with Gasteiger partial charge in [-0.15, -0.1) is 0 Å². The number of carbonyl (C=O) groups excluding carboxylic acids is 1. The van der Waals surface area contributed by atoms with Crippen molar-refractivity contribution >= 4 is 11.6 Å². The third-order valence-corrected chi connectivity index (χ3v) is 4.53. The molecule has 1 aliphatic rings. The van der Waals surface area contributed by atoms with E-state index in [4.69, 9.17) is 0 Å². The molecule has 1 amide bonds. The predicted octanol–water partition coefficient (Wildman–Crippen LogP) is 2.68. The highest BCUT2D eigenvalue weighted by Gasteiger charge is 2.22. The second-order valence-electron chi connectivity index (χ2n) is 6.13. The van der Waals surface area contributed by atoms with Gasteiger partial charge < -0.3 is 15.3 Å². The summed E-state index contributed by atoms with van der Waals surface area (Å²) >= 11 is 0. The summed E-state index contributed by atoms with van der Waals surface area (Å²) in [6.07, 6.45) is 2.62. The Labute approximate surface area is 143 Å². The molecule has 4 nitrogen and oxygen atoms in total. The zero-order valence-corrected chi connectivity index (χ0v) is 13.8. The average Bonchev–Trinajstić information content (AvgIpc) is 2.65. The van der Waals surface area contributed by atoms with E-state index in [1.165, 1.54) is 5.56 Å². The second-order valence-corrected chi connectivity index (χ2v) is 6.13. The fourth-order valence-corrected chi connectivity index (χ4v) is 3.30. The summed E-state index contributed by atoms with van der Waals surface area (Å²) in [6.45, 7) is 1.13. The number of carbonyl (C=O) groups is 1. The van der Waals surface area contributed by atoms with Crippen molar-refractivity contribution < 1.29 is 9.90 Å². The van der Waals surface area contributed by atoms with E-state index in [1.807, 2.05) is 53.4 Å². The van der Waals surface area contributed by atoms with Crippen LogP contribution in [-0.2, 0) is 11.2 Å². The monoisotopic (exact) mass is 324 g/mol. The Morgan fingerprint density at radius 1 is 1.12 bits per heavy atom. The molecule has 0 aliphatic carbocycles. The number of hydrogen-bond donors (Lipinski definition) is 2. The lowest BCUT2D eigenvalue weighted by Crippen LogP contribution is -2.42. The lowest BCUT2D eigenvalue weighted by molar-refractivity contribution is -0.118. The first kappa shape index (κ1) is 16.7. The molecule has 24 heavy (non-hydrogen) atoms. The van der Waals surface area contributed by atoms with E-state index in [0.717, 1.165) is 30.6 Å². The first-order chi connectivity index (χ1) is 11.8. The summed E-state index contributed by atoms with van der Waals surface area (Å²) in [5.74, 6) is 0.0843. The van der Waals surface area contributed by atoms with Crippen molar-refractivity contribution in [2.45, 2.75) is 25.3 Å². The maximum atomic E-state index is 12.7. The van der Waals surface area contributed by atoms with E-state index >= 15 is 0 Å². The lowest BCUT2D eigenvalue weighted by atomic mass is 10.0. The number of hydrogen-bond acceptors (Lipinski definition) is 3. The van der Waals surface area contributed by atoms with Crippen molar-refractivity contribution in [2.75, 3.05) is 24.6 Å². The lowest BCUT2D eigenvalue weighted by Gasteiger charge is -2.30. The number of anilines is 1. The van der Waals surface area contributed by atoms with Gasteiger partial charge in [-0.1, -0.05) is 48.5 Å². The molecule has 0 aromatic heterocycles. The van der Waals surface area contributed by atoms with Gasteiger partial charge in [0, 0.05) is 24.9 Å². The fraction of sp³-hybridized carbons (Fsp3) is 0.350. The van der Waals surface area contributed by atoms with Crippen LogP contribution in [0.5, 0.6) is 0 Å². The van der Waals surface area contributed by atoms with Crippen molar-refractivity contribution in [1.29, 1.82) is 0 Å². The van der Waals surface area contributed by atoms with Crippen molar-refractivity contribution in [3.8, 4) is 0 Å². The van der Waals surface area contributed by atoms with Gasteiger partial charge in [0.25, 0.3) is 0 Å². The van der Waals surface area contributed by atoms with Crippen LogP contribution in [0.15, 0.2) is 54.6 Å². The number of benzene rings is 2. The molecule has 0 radical (unpaired) electrons. The number of amides is 1. The van der Waals surface area contributed by atoms with E-state index in [9.17, 15) is 9.90 Å². The number of fused-ring (bicyclic) bond motifs is 1. The zero-order valence-electron chi connectivity index (χ0n) is 13.8. The largest absolute Gasteiger partial charge is 0.396 e. The van der Waals surface area contributed by atoms with Crippen LogP contribution in [0, 0.1) is 0 Å². The molecular formula is C20H24N2O2. The number of aliphatic hydroxyl groups is 1. The van der Waals surface area contributed by atoms with Crippen LogP contribution in [0.1, 0.15) is 30.0 Å². The Bertz CT molecular complexity index is 672. The van der Waals surface area contributed by atoms with Gasteiger partial charge in [-0.25, -0.2) is 0 Å². The number of nitrogens with zero attached hydrogens (tertiary/aromatic N) is 1. The zero-order chi connectivity index (χ0) is 16.8. The molecule has 1 heterocycles. The summed E-state index contributed by atoms with van der Waals surface area (Å²) < 4.78 is 0. The molecule has 3 rings (SSSR count). The van der Waals surface area contributed by atoms with Crippen molar-refractivity contribution in [1.82, 2.24) is 5.32 Å². The first-order valence-electron chi connectivity index (χ1n) is 8.57. The van der Waals surface area contributed by atoms with Gasteiger partial charge >= 0.3 is 0 Å². The van der Waals surface area contributed by atoms with Gasteiger partial charge in [-0.3, -0.25) is 4.79 Å². The van der Waals surface area contributed by atoms with E-state index < -0.39 is 0 Å². The van der Waals surface area contributed by atoms with Crippen LogP contribution >= 0.6 is 0 Å². The number of rotatable bonds is 6. The highest BCUT2D eigenvalue weighted by Crippen LogP contribution is 2.26. The van der Waals surface area contributed by atoms with Gasteiger partial charge in [0.05, 0.1) is 6.54 Å².